The standard InChI is InChI=1S/C13H21NO2S/c1-9-5-6-11(17-9)10(14)7-13(2,3)8-12(15)16-4/h5-6,10H,7-8,14H2,1-4H3. The van der Waals surface area contributed by atoms with Gasteiger partial charge in [0.1, 0.15) is 0 Å². The van der Waals surface area contributed by atoms with Crippen LogP contribution in [0.1, 0.15) is 42.5 Å². The van der Waals surface area contributed by atoms with Crippen LogP contribution in [-0.2, 0) is 9.53 Å². The third kappa shape index (κ3) is 4.48. The molecule has 1 rings (SSSR count). The fraction of sp³-hybridized carbons (Fsp3) is 0.615. The van der Waals surface area contributed by atoms with E-state index in [-0.39, 0.29) is 17.4 Å². The quantitative estimate of drug-likeness (QED) is 0.823. The molecule has 0 saturated heterocycles. The molecule has 0 radical (unpaired) electrons. The lowest BCUT2D eigenvalue weighted by atomic mass is 9.82. The smallest absolute Gasteiger partial charge is 0.306 e. The summed E-state index contributed by atoms with van der Waals surface area (Å²) in [5.41, 5.74) is 6.04. The molecule has 1 aromatic heterocycles. The maximum atomic E-state index is 11.3. The molecule has 1 heterocycles. The van der Waals surface area contributed by atoms with Crippen molar-refractivity contribution >= 4 is 17.3 Å². The first-order chi connectivity index (χ1) is 7.84. The molecule has 0 aliphatic rings. The van der Waals surface area contributed by atoms with Crippen LogP contribution in [0.15, 0.2) is 12.1 Å². The molecule has 0 fully saturated rings. The monoisotopic (exact) mass is 255 g/mol. The summed E-state index contributed by atoms with van der Waals surface area (Å²) < 4.78 is 4.70. The van der Waals surface area contributed by atoms with Crippen molar-refractivity contribution in [2.75, 3.05) is 7.11 Å². The normalized spacial score (nSPS) is 13.5. The summed E-state index contributed by atoms with van der Waals surface area (Å²) in [7, 11) is 1.42. The topological polar surface area (TPSA) is 52.3 Å². The molecule has 0 saturated carbocycles. The van der Waals surface area contributed by atoms with Crippen molar-refractivity contribution in [2.45, 2.75) is 39.7 Å². The van der Waals surface area contributed by atoms with Crippen molar-refractivity contribution in [3.8, 4) is 0 Å². The third-order valence-corrected chi connectivity index (χ3v) is 3.88. The number of carbonyl (C=O) groups excluding carboxylic acids is 1. The lowest BCUT2D eigenvalue weighted by Crippen LogP contribution is -2.24. The van der Waals surface area contributed by atoms with Gasteiger partial charge >= 0.3 is 5.97 Å². The van der Waals surface area contributed by atoms with Gasteiger partial charge in [-0.1, -0.05) is 13.8 Å². The van der Waals surface area contributed by atoms with Crippen molar-refractivity contribution in [3.05, 3.63) is 21.9 Å². The van der Waals surface area contributed by atoms with Crippen molar-refractivity contribution in [3.63, 3.8) is 0 Å². The molecular weight excluding hydrogens is 234 g/mol. The largest absolute Gasteiger partial charge is 0.469 e. The van der Waals surface area contributed by atoms with Gasteiger partial charge in [0.15, 0.2) is 0 Å². The maximum Gasteiger partial charge on any atom is 0.306 e. The van der Waals surface area contributed by atoms with E-state index in [2.05, 4.69) is 19.1 Å². The van der Waals surface area contributed by atoms with E-state index in [4.69, 9.17) is 10.5 Å². The number of methoxy groups -OCH3 is 1. The summed E-state index contributed by atoms with van der Waals surface area (Å²) >= 11 is 1.72. The summed E-state index contributed by atoms with van der Waals surface area (Å²) in [5, 5.41) is 0. The average Bonchev–Trinajstić information content (AvgIpc) is 2.63. The van der Waals surface area contributed by atoms with E-state index in [0.29, 0.717) is 6.42 Å². The number of thiophene rings is 1. The SMILES string of the molecule is COC(=O)CC(C)(C)CC(N)c1ccc(C)s1. The molecule has 17 heavy (non-hydrogen) atoms. The van der Waals surface area contributed by atoms with Crippen LogP contribution in [0.2, 0.25) is 0 Å². The number of rotatable bonds is 5. The highest BCUT2D eigenvalue weighted by molar-refractivity contribution is 7.12. The van der Waals surface area contributed by atoms with Gasteiger partial charge in [-0.15, -0.1) is 11.3 Å². The summed E-state index contributed by atoms with van der Waals surface area (Å²) in [6.45, 7) is 6.16. The van der Waals surface area contributed by atoms with E-state index >= 15 is 0 Å². The van der Waals surface area contributed by atoms with E-state index in [1.807, 2.05) is 13.8 Å². The molecular formula is C13H21NO2S. The zero-order valence-electron chi connectivity index (χ0n) is 10.9. The van der Waals surface area contributed by atoms with Gasteiger partial charge in [-0.25, -0.2) is 0 Å². The number of ether oxygens (including phenoxy) is 1. The number of aryl methyl sites for hydroxylation is 1. The Labute approximate surface area is 107 Å². The Hall–Kier alpha value is -0.870. The van der Waals surface area contributed by atoms with E-state index < -0.39 is 0 Å². The Morgan fingerprint density at radius 2 is 2.18 bits per heavy atom. The average molecular weight is 255 g/mol. The molecule has 1 atom stereocenters. The van der Waals surface area contributed by atoms with E-state index in [9.17, 15) is 4.79 Å². The second kappa shape index (κ2) is 5.65. The number of carbonyl (C=O) groups is 1. The van der Waals surface area contributed by atoms with Crippen LogP contribution in [0.4, 0.5) is 0 Å². The van der Waals surface area contributed by atoms with Gasteiger partial charge in [0.2, 0.25) is 0 Å². The Kier molecular flexibility index (Phi) is 4.71. The summed E-state index contributed by atoms with van der Waals surface area (Å²) in [5.74, 6) is -0.176. The first kappa shape index (κ1) is 14.2. The first-order valence-corrected chi connectivity index (χ1v) is 6.54. The molecule has 1 unspecified atom stereocenters. The van der Waals surface area contributed by atoms with Gasteiger partial charge in [-0.05, 0) is 30.9 Å². The highest BCUT2D eigenvalue weighted by Gasteiger charge is 2.26. The molecule has 4 heteroatoms. The second-order valence-electron chi connectivity index (χ2n) is 5.18. The number of hydrogen-bond donors (Lipinski definition) is 1. The number of hydrogen-bond acceptors (Lipinski definition) is 4. The Bertz CT molecular complexity index is 385. The highest BCUT2D eigenvalue weighted by Crippen LogP contribution is 2.34. The first-order valence-electron chi connectivity index (χ1n) is 5.73. The number of esters is 1. The lowest BCUT2D eigenvalue weighted by molar-refractivity contribution is -0.143. The minimum Gasteiger partial charge on any atom is -0.469 e. The molecule has 2 N–H and O–H groups in total. The molecule has 0 aliphatic carbocycles. The van der Waals surface area contributed by atoms with Crippen LogP contribution >= 0.6 is 11.3 Å². The van der Waals surface area contributed by atoms with Gasteiger partial charge in [0.25, 0.3) is 0 Å². The van der Waals surface area contributed by atoms with Gasteiger partial charge in [0, 0.05) is 15.8 Å². The molecule has 0 bridgehead atoms. The van der Waals surface area contributed by atoms with Crippen LogP contribution in [0.25, 0.3) is 0 Å². The van der Waals surface area contributed by atoms with Crippen LogP contribution < -0.4 is 5.73 Å². The highest BCUT2D eigenvalue weighted by atomic mass is 32.1. The molecule has 0 aliphatic heterocycles. The van der Waals surface area contributed by atoms with Crippen LogP contribution in [0.3, 0.4) is 0 Å². The maximum absolute atomic E-state index is 11.3. The fourth-order valence-corrected chi connectivity index (χ4v) is 2.76. The van der Waals surface area contributed by atoms with Crippen molar-refractivity contribution in [2.24, 2.45) is 11.1 Å². The van der Waals surface area contributed by atoms with Crippen molar-refractivity contribution in [1.82, 2.24) is 0 Å². The summed E-state index contributed by atoms with van der Waals surface area (Å²) in [4.78, 5) is 13.7. The second-order valence-corrected chi connectivity index (χ2v) is 6.50. The Morgan fingerprint density at radius 3 is 2.65 bits per heavy atom. The van der Waals surface area contributed by atoms with Gasteiger partial charge < -0.3 is 10.5 Å². The summed E-state index contributed by atoms with van der Waals surface area (Å²) in [6.07, 6.45) is 1.18. The molecule has 3 nitrogen and oxygen atoms in total. The van der Waals surface area contributed by atoms with E-state index in [1.165, 1.54) is 16.9 Å². The lowest BCUT2D eigenvalue weighted by Gasteiger charge is -2.26. The predicted octanol–water partition coefficient (Wildman–Crippen LogP) is 3.04. The molecule has 0 aromatic carbocycles. The number of nitrogens with two attached hydrogens (primary N) is 1. The van der Waals surface area contributed by atoms with Crippen LogP contribution in [0, 0.1) is 12.3 Å². The molecule has 96 valence electrons. The molecule has 0 amide bonds. The fourth-order valence-electron chi connectivity index (χ4n) is 1.88. The minimum atomic E-state index is -0.176. The van der Waals surface area contributed by atoms with Gasteiger partial charge in [0.05, 0.1) is 13.5 Å². The van der Waals surface area contributed by atoms with E-state index in [0.717, 1.165) is 6.42 Å². The minimum absolute atomic E-state index is 0.00615. The Morgan fingerprint density at radius 1 is 1.53 bits per heavy atom. The van der Waals surface area contributed by atoms with E-state index in [1.54, 1.807) is 11.3 Å². The molecule has 0 spiro atoms. The van der Waals surface area contributed by atoms with Gasteiger partial charge in [-0.2, -0.15) is 0 Å². The van der Waals surface area contributed by atoms with Crippen molar-refractivity contribution < 1.29 is 9.53 Å². The summed E-state index contributed by atoms with van der Waals surface area (Å²) in [6, 6.07) is 4.14. The third-order valence-electron chi connectivity index (χ3n) is 2.75. The van der Waals surface area contributed by atoms with Gasteiger partial charge in [-0.3, -0.25) is 4.79 Å². The Balaban J connectivity index is 2.60. The van der Waals surface area contributed by atoms with Crippen LogP contribution in [0.5, 0.6) is 0 Å². The zero-order valence-corrected chi connectivity index (χ0v) is 11.8. The van der Waals surface area contributed by atoms with Crippen molar-refractivity contribution in [1.29, 1.82) is 0 Å². The van der Waals surface area contributed by atoms with Crippen LogP contribution in [-0.4, -0.2) is 13.1 Å². The predicted molar refractivity (Wildman–Crippen MR) is 71.0 cm³/mol. The molecule has 1 aromatic rings. The zero-order chi connectivity index (χ0) is 13.1.